The monoisotopic (exact) mass is 505 g/mol. The molecule has 1 aromatic rings. The van der Waals surface area contributed by atoms with Crippen molar-refractivity contribution < 1.29 is 19.8 Å². The molecule has 1 aromatic heterocycles. The van der Waals surface area contributed by atoms with Crippen LogP contribution in [-0.4, -0.2) is 33.1 Å². The molecule has 0 aromatic carbocycles. The normalized spacial score (nSPS) is 17.5. The lowest BCUT2D eigenvalue weighted by atomic mass is 9.67. The lowest BCUT2D eigenvalue weighted by molar-refractivity contribution is -0.141. The maximum absolute atomic E-state index is 13.2. The lowest BCUT2D eigenvalue weighted by Crippen LogP contribution is -2.39. The maximum Gasteiger partial charge on any atom is 0.303 e. The molecule has 6 heteroatoms. The molecule has 1 unspecified atom stereocenters. The van der Waals surface area contributed by atoms with Crippen molar-refractivity contribution >= 4 is 29.2 Å². The average molecular weight is 506 g/mol. The van der Waals surface area contributed by atoms with Crippen LogP contribution in [0.3, 0.4) is 0 Å². The third-order valence-electron chi connectivity index (χ3n) is 7.91. The van der Waals surface area contributed by atoms with Gasteiger partial charge in [0.25, 0.3) is 0 Å². The van der Waals surface area contributed by atoms with Crippen molar-refractivity contribution in [2.45, 2.75) is 101 Å². The van der Waals surface area contributed by atoms with Gasteiger partial charge >= 0.3 is 5.97 Å². The van der Waals surface area contributed by atoms with Crippen molar-refractivity contribution in [3.05, 3.63) is 33.3 Å². The molecule has 0 aliphatic heterocycles. The van der Waals surface area contributed by atoms with Gasteiger partial charge in [0.2, 0.25) is 0 Å². The second kappa shape index (κ2) is 14.1. The first-order valence-corrected chi connectivity index (χ1v) is 13.7. The zero-order valence-electron chi connectivity index (χ0n) is 23.2. The zero-order valence-corrected chi connectivity index (χ0v) is 24.0. The number of carbonyl (C=O) groups excluding carboxylic acids is 1. The molecule has 0 radical (unpaired) electrons. The van der Waals surface area contributed by atoms with Gasteiger partial charge in [-0.25, -0.2) is 4.98 Å². The molecule has 0 aliphatic rings. The van der Waals surface area contributed by atoms with Crippen LogP contribution in [0.15, 0.2) is 22.6 Å². The molecule has 0 bridgehead atoms. The predicted octanol–water partition coefficient (Wildman–Crippen LogP) is 7.34. The minimum atomic E-state index is -0.857. The third-order valence-corrected chi connectivity index (χ3v) is 8.70. The maximum atomic E-state index is 13.2. The SMILES string of the molecule is C/C(=C/CC(O)/C(C)=C/c1csc(C)n1)CCC[C@H](C)[C@H](C)[C@@H](C)C(=O)C(C)(C)[C@@H](C)CC(=O)O. The van der Waals surface area contributed by atoms with Gasteiger partial charge in [-0.1, -0.05) is 59.6 Å². The molecule has 5 atom stereocenters. The summed E-state index contributed by atoms with van der Waals surface area (Å²) in [6.07, 6.45) is 7.21. The molecule has 198 valence electrons. The van der Waals surface area contributed by atoms with Crippen LogP contribution in [0.4, 0.5) is 0 Å². The molecule has 1 rings (SSSR count). The van der Waals surface area contributed by atoms with Crippen LogP contribution in [0.1, 0.15) is 98.2 Å². The van der Waals surface area contributed by atoms with Crippen LogP contribution in [0.2, 0.25) is 0 Å². The van der Waals surface area contributed by atoms with Crippen molar-refractivity contribution in [2.24, 2.45) is 29.1 Å². The summed E-state index contributed by atoms with van der Waals surface area (Å²) in [6.45, 7) is 18.0. The first kappa shape index (κ1) is 31.2. The van der Waals surface area contributed by atoms with E-state index in [9.17, 15) is 14.7 Å². The van der Waals surface area contributed by atoms with Gasteiger partial charge in [-0.3, -0.25) is 9.59 Å². The standard InChI is InChI=1S/C29H47NO4S/c1-18(13-14-26(31)20(3)15-25-17-35-24(7)30-25)11-10-12-19(2)22(5)23(6)28(34)29(8,9)21(4)16-27(32)33/h13,15,17,19,21-23,26,31H,10-12,14,16H2,1-9H3,(H,32,33)/b18-13-,20-15+/t19-,21-,22-,23+,26?/m0/s1. The summed E-state index contributed by atoms with van der Waals surface area (Å²) in [5, 5.41) is 22.6. The number of Topliss-reactive ketones (excluding diaryl/α,β-unsaturated/α-hetero) is 1. The number of aliphatic carboxylic acids is 1. The van der Waals surface area contributed by atoms with Crippen LogP contribution in [0, 0.1) is 36.0 Å². The molecular weight excluding hydrogens is 458 g/mol. The van der Waals surface area contributed by atoms with E-state index in [2.05, 4.69) is 31.8 Å². The Bertz CT molecular complexity index is 898. The third kappa shape index (κ3) is 10.0. The summed E-state index contributed by atoms with van der Waals surface area (Å²) in [5.74, 6) is -0.392. The van der Waals surface area contributed by atoms with Crippen molar-refractivity contribution in [3.63, 3.8) is 0 Å². The summed E-state index contributed by atoms with van der Waals surface area (Å²) >= 11 is 1.61. The predicted molar refractivity (Wildman–Crippen MR) is 146 cm³/mol. The molecule has 0 amide bonds. The van der Waals surface area contributed by atoms with E-state index >= 15 is 0 Å². The lowest BCUT2D eigenvalue weighted by Gasteiger charge is -2.35. The van der Waals surface area contributed by atoms with Crippen LogP contribution in [0.25, 0.3) is 6.08 Å². The number of hydrogen-bond acceptors (Lipinski definition) is 5. The molecule has 0 spiro atoms. The Morgan fingerprint density at radius 2 is 1.80 bits per heavy atom. The zero-order chi connectivity index (χ0) is 26.9. The largest absolute Gasteiger partial charge is 0.481 e. The van der Waals surface area contributed by atoms with Gasteiger partial charge in [0.05, 0.1) is 16.8 Å². The number of allylic oxidation sites excluding steroid dienone is 1. The number of aliphatic hydroxyl groups is 1. The molecule has 0 fully saturated rings. The van der Waals surface area contributed by atoms with Crippen molar-refractivity contribution in [1.82, 2.24) is 4.98 Å². The smallest absolute Gasteiger partial charge is 0.303 e. The van der Waals surface area contributed by atoms with Crippen LogP contribution >= 0.6 is 11.3 Å². The number of rotatable bonds is 15. The summed E-state index contributed by atoms with van der Waals surface area (Å²) in [7, 11) is 0. The number of ketones is 1. The number of carbonyl (C=O) groups is 2. The number of aryl methyl sites for hydroxylation is 1. The fourth-order valence-corrected chi connectivity index (χ4v) is 4.99. The van der Waals surface area contributed by atoms with E-state index in [0.717, 1.165) is 35.5 Å². The molecular formula is C29H47NO4S. The van der Waals surface area contributed by atoms with Crippen molar-refractivity contribution in [3.8, 4) is 0 Å². The van der Waals surface area contributed by atoms with E-state index in [1.54, 1.807) is 11.3 Å². The van der Waals surface area contributed by atoms with Crippen LogP contribution < -0.4 is 0 Å². The van der Waals surface area contributed by atoms with Crippen LogP contribution in [0.5, 0.6) is 0 Å². The highest BCUT2D eigenvalue weighted by Gasteiger charge is 2.39. The van der Waals surface area contributed by atoms with E-state index in [1.165, 1.54) is 5.57 Å². The van der Waals surface area contributed by atoms with Crippen molar-refractivity contribution in [1.29, 1.82) is 0 Å². The summed E-state index contributed by atoms with van der Waals surface area (Å²) in [4.78, 5) is 28.8. The van der Waals surface area contributed by atoms with Gasteiger partial charge in [0.1, 0.15) is 5.78 Å². The number of nitrogens with zero attached hydrogens (tertiary/aromatic N) is 1. The highest BCUT2D eigenvalue weighted by molar-refractivity contribution is 7.09. The first-order valence-electron chi connectivity index (χ1n) is 12.9. The van der Waals surface area contributed by atoms with Gasteiger partial charge in [-0.2, -0.15) is 0 Å². The van der Waals surface area contributed by atoms with Crippen LogP contribution in [-0.2, 0) is 9.59 Å². The van der Waals surface area contributed by atoms with E-state index in [0.29, 0.717) is 12.3 Å². The number of aromatic nitrogens is 1. The molecule has 0 saturated carbocycles. The molecule has 0 aliphatic carbocycles. The fourth-order valence-electron chi connectivity index (χ4n) is 4.42. The quantitative estimate of drug-likeness (QED) is 0.244. The second-order valence-corrected chi connectivity index (χ2v) is 12.1. The Morgan fingerprint density at radius 3 is 2.34 bits per heavy atom. The highest BCUT2D eigenvalue weighted by Crippen LogP contribution is 2.37. The Hall–Kier alpha value is -1.79. The van der Waals surface area contributed by atoms with E-state index in [1.807, 2.05) is 53.0 Å². The van der Waals surface area contributed by atoms with Gasteiger partial charge in [0, 0.05) is 23.1 Å². The van der Waals surface area contributed by atoms with Gasteiger partial charge in [-0.15, -0.1) is 11.3 Å². The Balaban J connectivity index is 2.54. The summed E-state index contributed by atoms with van der Waals surface area (Å²) in [5.41, 5.74) is 2.44. The number of aliphatic hydroxyl groups excluding tert-OH is 1. The summed E-state index contributed by atoms with van der Waals surface area (Å²) in [6, 6.07) is 0. The Morgan fingerprint density at radius 1 is 1.17 bits per heavy atom. The molecule has 2 N–H and O–H groups in total. The Kier molecular flexibility index (Phi) is 12.6. The fraction of sp³-hybridized carbons (Fsp3) is 0.690. The number of hydrogen-bond donors (Lipinski definition) is 2. The molecule has 0 saturated heterocycles. The first-order chi connectivity index (χ1) is 16.2. The van der Waals surface area contributed by atoms with E-state index in [-0.39, 0.29) is 30.0 Å². The average Bonchev–Trinajstić information content (AvgIpc) is 3.19. The minimum absolute atomic E-state index is 0.00948. The van der Waals surface area contributed by atoms with E-state index in [4.69, 9.17) is 5.11 Å². The molecule has 1 heterocycles. The molecule has 35 heavy (non-hydrogen) atoms. The topological polar surface area (TPSA) is 87.5 Å². The Labute approximate surface area is 216 Å². The second-order valence-electron chi connectivity index (χ2n) is 11.1. The van der Waals surface area contributed by atoms with Gasteiger partial charge in [0.15, 0.2) is 0 Å². The van der Waals surface area contributed by atoms with Crippen molar-refractivity contribution in [2.75, 3.05) is 0 Å². The number of carboxylic acid groups (broad SMARTS) is 1. The minimum Gasteiger partial charge on any atom is -0.481 e. The summed E-state index contributed by atoms with van der Waals surface area (Å²) < 4.78 is 0. The highest BCUT2D eigenvalue weighted by atomic mass is 32.1. The van der Waals surface area contributed by atoms with Gasteiger partial charge in [-0.05, 0) is 69.4 Å². The van der Waals surface area contributed by atoms with Gasteiger partial charge < -0.3 is 10.2 Å². The number of thiazole rings is 1. The number of carboxylic acids is 1. The molecule has 5 nitrogen and oxygen atoms in total. The van der Waals surface area contributed by atoms with E-state index < -0.39 is 17.5 Å².